The molecular weight excluding hydrogens is 216 g/mol. The molecule has 0 unspecified atom stereocenters. The molecule has 3 heteroatoms. The van der Waals surface area contributed by atoms with Gasteiger partial charge in [-0.3, -0.25) is 4.79 Å². The third-order valence-electron chi connectivity index (χ3n) is 3.82. The molecule has 3 nitrogen and oxygen atoms in total. The molecule has 0 atom stereocenters. The molecule has 0 bridgehead atoms. The van der Waals surface area contributed by atoms with E-state index in [9.17, 15) is 4.79 Å². The van der Waals surface area contributed by atoms with Crippen LogP contribution in [0, 0.1) is 0 Å². The number of rotatable bonds is 1. The predicted molar refractivity (Wildman–Crippen MR) is 63.8 cm³/mol. The number of ketones is 1. The van der Waals surface area contributed by atoms with Crippen molar-refractivity contribution in [3.8, 4) is 11.5 Å². The van der Waals surface area contributed by atoms with E-state index in [0.717, 1.165) is 25.7 Å². The van der Waals surface area contributed by atoms with Crippen LogP contribution in [0.15, 0.2) is 18.2 Å². The maximum atomic E-state index is 12.2. The first-order valence-electron chi connectivity index (χ1n) is 6.13. The quantitative estimate of drug-likeness (QED) is 0.746. The first-order valence-corrected chi connectivity index (χ1v) is 6.13. The van der Waals surface area contributed by atoms with Crippen LogP contribution in [0.4, 0.5) is 0 Å². The lowest BCUT2D eigenvalue weighted by atomic mass is 9.88. The molecule has 90 valence electrons. The highest BCUT2D eigenvalue weighted by molar-refractivity contribution is 6.01. The lowest BCUT2D eigenvalue weighted by Gasteiger charge is -2.35. The Balaban J connectivity index is 2.06. The Hall–Kier alpha value is -1.51. The number of para-hydroxylation sites is 1. The molecule has 0 amide bonds. The van der Waals surface area contributed by atoms with Crippen LogP contribution in [0.25, 0.3) is 0 Å². The SMILES string of the molecule is COc1cccc2c1OC1(CCCC1)CC2=O. The standard InChI is InChI=1S/C14H16O3/c1-16-12-6-4-5-10-11(15)9-14(17-13(10)12)7-2-3-8-14/h4-6H,2-3,7-9H2,1H3. The van der Waals surface area contributed by atoms with E-state index < -0.39 is 0 Å². The van der Waals surface area contributed by atoms with Gasteiger partial charge in [0.15, 0.2) is 17.3 Å². The minimum atomic E-state index is -0.251. The summed E-state index contributed by atoms with van der Waals surface area (Å²) >= 11 is 0. The fraction of sp³-hybridized carbons (Fsp3) is 0.500. The van der Waals surface area contributed by atoms with Gasteiger partial charge in [-0.1, -0.05) is 6.07 Å². The van der Waals surface area contributed by atoms with Crippen molar-refractivity contribution in [2.24, 2.45) is 0 Å². The highest BCUT2D eigenvalue weighted by atomic mass is 16.5. The number of Topliss-reactive ketones (excluding diaryl/α,β-unsaturated/α-hetero) is 1. The summed E-state index contributed by atoms with van der Waals surface area (Å²) < 4.78 is 11.4. The number of hydrogen-bond donors (Lipinski definition) is 0. The summed E-state index contributed by atoms with van der Waals surface area (Å²) in [5.41, 5.74) is 0.417. The van der Waals surface area contributed by atoms with Crippen molar-refractivity contribution in [2.75, 3.05) is 7.11 Å². The number of ether oxygens (including phenoxy) is 2. The second-order valence-corrected chi connectivity index (χ2v) is 4.93. The predicted octanol–water partition coefficient (Wildman–Crippen LogP) is 2.97. The first kappa shape index (κ1) is 10.6. The van der Waals surface area contributed by atoms with Crippen LogP contribution in [0.1, 0.15) is 42.5 Å². The smallest absolute Gasteiger partial charge is 0.172 e. The molecule has 0 radical (unpaired) electrons. The minimum absolute atomic E-state index is 0.187. The highest BCUT2D eigenvalue weighted by Gasteiger charge is 2.43. The summed E-state index contributed by atoms with van der Waals surface area (Å²) in [6.07, 6.45) is 4.79. The van der Waals surface area contributed by atoms with Crippen molar-refractivity contribution >= 4 is 5.78 Å². The van der Waals surface area contributed by atoms with Crippen molar-refractivity contribution in [1.29, 1.82) is 0 Å². The minimum Gasteiger partial charge on any atom is -0.493 e. The fourth-order valence-electron chi connectivity index (χ4n) is 2.94. The Morgan fingerprint density at radius 1 is 1.29 bits per heavy atom. The van der Waals surface area contributed by atoms with Gasteiger partial charge < -0.3 is 9.47 Å². The van der Waals surface area contributed by atoms with E-state index in [2.05, 4.69) is 0 Å². The highest BCUT2D eigenvalue weighted by Crippen LogP contribution is 2.46. The molecule has 1 spiro atoms. The molecule has 1 aliphatic heterocycles. The van der Waals surface area contributed by atoms with E-state index in [1.807, 2.05) is 18.2 Å². The molecule has 3 rings (SSSR count). The number of fused-ring (bicyclic) bond motifs is 1. The average Bonchev–Trinajstić information content (AvgIpc) is 2.76. The fourth-order valence-corrected chi connectivity index (χ4v) is 2.94. The van der Waals surface area contributed by atoms with Gasteiger partial charge in [0.25, 0.3) is 0 Å². The van der Waals surface area contributed by atoms with Crippen LogP contribution in [-0.2, 0) is 0 Å². The largest absolute Gasteiger partial charge is 0.493 e. The average molecular weight is 232 g/mol. The number of benzene rings is 1. The molecule has 1 aromatic rings. The van der Waals surface area contributed by atoms with Gasteiger partial charge in [-0.25, -0.2) is 0 Å². The maximum absolute atomic E-state index is 12.2. The second kappa shape index (κ2) is 3.76. The Bertz CT molecular complexity index is 459. The molecule has 1 heterocycles. The summed E-state index contributed by atoms with van der Waals surface area (Å²) in [5, 5.41) is 0. The zero-order valence-electron chi connectivity index (χ0n) is 9.99. The third kappa shape index (κ3) is 1.61. The Morgan fingerprint density at radius 2 is 2.06 bits per heavy atom. The monoisotopic (exact) mass is 232 g/mol. The van der Waals surface area contributed by atoms with Crippen molar-refractivity contribution in [3.63, 3.8) is 0 Å². The van der Waals surface area contributed by atoms with E-state index in [-0.39, 0.29) is 11.4 Å². The number of carbonyl (C=O) groups excluding carboxylic acids is 1. The van der Waals surface area contributed by atoms with Crippen molar-refractivity contribution in [2.45, 2.75) is 37.7 Å². The first-order chi connectivity index (χ1) is 8.24. The molecule has 1 saturated carbocycles. The van der Waals surface area contributed by atoms with E-state index >= 15 is 0 Å². The van der Waals surface area contributed by atoms with Crippen molar-refractivity contribution in [3.05, 3.63) is 23.8 Å². The summed E-state index contributed by atoms with van der Waals surface area (Å²) in [6.45, 7) is 0. The van der Waals surface area contributed by atoms with Gasteiger partial charge in [-0.2, -0.15) is 0 Å². The molecule has 0 aromatic heterocycles. The Labute approximate surface area is 101 Å². The van der Waals surface area contributed by atoms with E-state index in [4.69, 9.17) is 9.47 Å². The van der Waals surface area contributed by atoms with Gasteiger partial charge in [0, 0.05) is 0 Å². The number of hydrogen-bond acceptors (Lipinski definition) is 3. The lowest BCUT2D eigenvalue weighted by Crippen LogP contribution is -2.39. The summed E-state index contributed by atoms with van der Waals surface area (Å²) in [4.78, 5) is 12.2. The van der Waals surface area contributed by atoms with E-state index in [1.165, 1.54) is 0 Å². The van der Waals surface area contributed by atoms with Crippen LogP contribution in [0.5, 0.6) is 11.5 Å². The second-order valence-electron chi connectivity index (χ2n) is 4.93. The Morgan fingerprint density at radius 3 is 2.76 bits per heavy atom. The molecule has 2 aliphatic rings. The summed E-state index contributed by atoms with van der Waals surface area (Å²) in [6, 6.07) is 5.51. The lowest BCUT2D eigenvalue weighted by molar-refractivity contribution is 0.0429. The van der Waals surface area contributed by atoms with Crippen LogP contribution in [0.2, 0.25) is 0 Å². The van der Waals surface area contributed by atoms with Crippen LogP contribution in [-0.4, -0.2) is 18.5 Å². The third-order valence-corrected chi connectivity index (χ3v) is 3.82. The van der Waals surface area contributed by atoms with Gasteiger partial charge in [-0.15, -0.1) is 0 Å². The molecule has 1 aromatic carbocycles. The zero-order chi connectivity index (χ0) is 11.9. The summed E-state index contributed by atoms with van der Waals surface area (Å²) in [7, 11) is 1.61. The van der Waals surface area contributed by atoms with Crippen molar-refractivity contribution < 1.29 is 14.3 Å². The van der Waals surface area contributed by atoms with Crippen LogP contribution < -0.4 is 9.47 Å². The van der Waals surface area contributed by atoms with Gasteiger partial charge in [0.2, 0.25) is 0 Å². The van der Waals surface area contributed by atoms with E-state index in [1.54, 1.807) is 7.11 Å². The molecule has 1 fully saturated rings. The topological polar surface area (TPSA) is 35.5 Å². The van der Waals surface area contributed by atoms with Crippen LogP contribution >= 0.6 is 0 Å². The number of carbonyl (C=O) groups is 1. The van der Waals surface area contributed by atoms with Crippen molar-refractivity contribution in [1.82, 2.24) is 0 Å². The molecule has 1 aliphatic carbocycles. The summed E-state index contributed by atoms with van der Waals surface area (Å²) in [5.74, 6) is 1.50. The number of methoxy groups -OCH3 is 1. The van der Waals surface area contributed by atoms with Gasteiger partial charge in [0.05, 0.1) is 19.1 Å². The van der Waals surface area contributed by atoms with Gasteiger partial charge in [-0.05, 0) is 37.8 Å². The maximum Gasteiger partial charge on any atom is 0.172 e. The Kier molecular flexibility index (Phi) is 2.35. The van der Waals surface area contributed by atoms with Crippen LogP contribution in [0.3, 0.4) is 0 Å². The molecule has 17 heavy (non-hydrogen) atoms. The van der Waals surface area contributed by atoms with Gasteiger partial charge >= 0.3 is 0 Å². The molecule has 0 N–H and O–H groups in total. The zero-order valence-corrected chi connectivity index (χ0v) is 9.99. The molecule has 0 saturated heterocycles. The molecular formula is C14H16O3. The van der Waals surface area contributed by atoms with Gasteiger partial charge in [0.1, 0.15) is 5.60 Å². The normalized spacial score (nSPS) is 21.1. The van der Waals surface area contributed by atoms with E-state index in [0.29, 0.717) is 23.5 Å².